The lowest BCUT2D eigenvalue weighted by atomic mass is 10.1. The van der Waals surface area contributed by atoms with Crippen LogP contribution in [0, 0.1) is 27.3 Å². The van der Waals surface area contributed by atoms with Crippen LogP contribution in [0.4, 0.5) is 15.8 Å². The third kappa shape index (κ3) is 4.17. The van der Waals surface area contributed by atoms with Crippen molar-refractivity contribution in [3.05, 3.63) is 91.5 Å². The summed E-state index contributed by atoms with van der Waals surface area (Å²) in [5.74, 6) is -0.376. The first-order chi connectivity index (χ1) is 14.9. The lowest BCUT2D eigenvalue weighted by Crippen LogP contribution is -2.03. The van der Waals surface area contributed by atoms with Crippen molar-refractivity contribution in [2.24, 2.45) is 0 Å². The fourth-order valence-corrected chi connectivity index (χ4v) is 3.55. The molecule has 0 spiro atoms. The molecule has 0 aliphatic carbocycles. The van der Waals surface area contributed by atoms with E-state index >= 15 is 0 Å². The number of thiazole rings is 1. The van der Waals surface area contributed by atoms with Gasteiger partial charge in [0.1, 0.15) is 28.1 Å². The summed E-state index contributed by atoms with van der Waals surface area (Å²) in [5.41, 5.74) is 0.641. The van der Waals surface area contributed by atoms with E-state index in [1.165, 1.54) is 54.7 Å². The molecule has 10 heteroatoms. The summed E-state index contributed by atoms with van der Waals surface area (Å²) in [6.07, 6.45) is 1.43. The van der Waals surface area contributed by atoms with Crippen LogP contribution < -0.4 is 10.9 Å². The Morgan fingerprint density at radius 2 is 2.03 bits per heavy atom. The van der Waals surface area contributed by atoms with Gasteiger partial charge in [0.2, 0.25) is 0 Å². The number of fused-ring (bicyclic) bond motifs is 1. The second-order valence-corrected chi connectivity index (χ2v) is 7.14. The smallest absolute Gasteiger partial charge is 0.345 e. The van der Waals surface area contributed by atoms with Crippen molar-refractivity contribution in [3.63, 3.8) is 0 Å². The monoisotopic (exact) mass is 434 g/mol. The van der Waals surface area contributed by atoms with Crippen LogP contribution in [0.3, 0.4) is 0 Å². The van der Waals surface area contributed by atoms with Gasteiger partial charge in [0.05, 0.1) is 16.2 Å². The number of benzene rings is 2. The second-order valence-electron chi connectivity index (χ2n) is 6.29. The van der Waals surface area contributed by atoms with Gasteiger partial charge in [-0.1, -0.05) is 0 Å². The number of allylic oxidation sites excluding steroid dienone is 1. The Bertz CT molecular complexity index is 1430. The first-order valence-corrected chi connectivity index (χ1v) is 9.63. The molecule has 0 bridgehead atoms. The van der Waals surface area contributed by atoms with E-state index in [2.05, 4.69) is 10.3 Å². The van der Waals surface area contributed by atoms with E-state index in [9.17, 15) is 24.6 Å². The Kier molecular flexibility index (Phi) is 5.26. The maximum atomic E-state index is 13.0. The quantitative estimate of drug-likeness (QED) is 0.204. The van der Waals surface area contributed by atoms with Crippen LogP contribution in [0.2, 0.25) is 0 Å². The minimum Gasteiger partial charge on any atom is -0.422 e. The number of anilines is 1. The van der Waals surface area contributed by atoms with Crippen molar-refractivity contribution < 1.29 is 13.7 Å². The third-order valence-electron chi connectivity index (χ3n) is 4.28. The lowest BCUT2D eigenvalue weighted by Gasteiger charge is -2.01. The van der Waals surface area contributed by atoms with Gasteiger partial charge < -0.3 is 9.73 Å². The number of nitro groups is 1. The highest BCUT2D eigenvalue weighted by molar-refractivity contribution is 7.11. The van der Waals surface area contributed by atoms with Gasteiger partial charge in [0.15, 0.2) is 0 Å². The highest BCUT2D eigenvalue weighted by Gasteiger charge is 2.15. The molecule has 31 heavy (non-hydrogen) atoms. The van der Waals surface area contributed by atoms with Crippen molar-refractivity contribution in [1.82, 2.24) is 4.98 Å². The second kappa shape index (κ2) is 8.17. The fourth-order valence-electron chi connectivity index (χ4n) is 2.77. The van der Waals surface area contributed by atoms with Crippen LogP contribution in [0.25, 0.3) is 27.8 Å². The van der Waals surface area contributed by atoms with E-state index in [-0.39, 0.29) is 33.9 Å². The maximum Gasteiger partial charge on any atom is 0.345 e. The number of nitro benzene ring substituents is 1. The maximum absolute atomic E-state index is 13.0. The number of rotatable bonds is 5. The Balaban J connectivity index is 1.67. The predicted molar refractivity (Wildman–Crippen MR) is 114 cm³/mol. The van der Waals surface area contributed by atoms with Crippen LogP contribution in [-0.2, 0) is 0 Å². The van der Waals surface area contributed by atoms with Crippen molar-refractivity contribution in [2.45, 2.75) is 0 Å². The summed E-state index contributed by atoms with van der Waals surface area (Å²) in [7, 11) is 0. The zero-order valence-electron chi connectivity index (χ0n) is 15.5. The molecule has 4 aromatic rings. The van der Waals surface area contributed by atoms with Gasteiger partial charge in [-0.05, 0) is 36.4 Å². The van der Waals surface area contributed by atoms with Gasteiger partial charge in [-0.15, -0.1) is 11.3 Å². The molecule has 1 N–H and O–H groups in total. The first-order valence-electron chi connectivity index (χ1n) is 8.75. The molecule has 0 radical (unpaired) electrons. The average molecular weight is 434 g/mol. The normalized spacial score (nSPS) is 11.3. The molecular weight excluding hydrogens is 423 g/mol. The number of nitrogens with one attached hydrogen (secondary N) is 1. The average Bonchev–Trinajstić information content (AvgIpc) is 3.24. The first kappa shape index (κ1) is 19.9. The molecule has 8 nitrogen and oxygen atoms in total. The standard InChI is InChI=1S/C21H11FN4O4S/c22-14-1-3-15(4-2-14)24-10-13(9-23)20-25-18(11-31-20)17-8-12-7-16(26(28)29)5-6-19(12)30-21(17)27/h1-8,10-11,24H. The van der Waals surface area contributed by atoms with Crippen LogP contribution >= 0.6 is 11.3 Å². The lowest BCUT2D eigenvalue weighted by molar-refractivity contribution is -0.384. The number of nitriles is 1. The predicted octanol–water partition coefficient (Wildman–Crippen LogP) is 4.94. The van der Waals surface area contributed by atoms with Gasteiger partial charge in [0.25, 0.3) is 5.69 Å². The molecule has 4 rings (SSSR count). The molecule has 0 aliphatic rings. The number of hydrogen-bond acceptors (Lipinski definition) is 8. The molecule has 0 unspecified atom stereocenters. The van der Waals surface area contributed by atoms with Crippen molar-refractivity contribution in [3.8, 4) is 17.3 Å². The molecule has 0 saturated heterocycles. The number of halogens is 1. The largest absolute Gasteiger partial charge is 0.422 e. The summed E-state index contributed by atoms with van der Waals surface area (Å²) >= 11 is 1.15. The molecule has 2 aromatic heterocycles. The van der Waals surface area contributed by atoms with Gasteiger partial charge >= 0.3 is 5.63 Å². The number of hydrogen-bond donors (Lipinski definition) is 1. The van der Waals surface area contributed by atoms with Crippen molar-refractivity contribution >= 4 is 39.3 Å². The van der Waals surface area contributed by atoms with Crippen molar-refractivity contribution in [2.75, 3.05) is 5.32 Å². The van der Waals surface area contributed by atoms with Gasteiger partial charge in [0, 0.05) is 34.8 Å². The van der Waals surface area contributed by atoms with E-state index in [0.717, 1.165) is 11.3 Å². The fraction of sp³-hybridized carbons (Fsp3) is 0. The molecule has 0 amide bonds. The van der Waals surface area contributed by atoms with Crippen LogP contribution in [0.1, 0.15) is 5.01 Å². The molecule has 0 aliphatic heterocycles. The summed E-state index contributed by atoms with van der Waals surface area (Å²) in [5, 5.41) is 25.7. The summed E-state index contributed by atoms with van der Waals surface area (Å²) in [6, 6.07) is 13.0. The molecule has 0 fully saturated rings. The highest BCUT2D eigenvalue weighted by Crippen LogP contribution is 2.28. The van der Waals surface area contributed by atoms with Crippen LogP contribution in [-0.4, -0.2) is 9.91 Å². The zero-order valence-corrected chi connectivity index (χ0v) is 16.4. The number of non-ortho nitro benzene ring substituents is 1. The Labute approximate surface area is 177 Å². The van der Waals surface area contributed by atoms with E-state index in [1.807, 2.05) is 6.07 Å². The molecule has 0 atom stereocenters. The highest BCUT2D eigenvalue weighted by atomic mass is 32.1. The third-order valence-corrected chi connectivity index (χ3v) is 5.16. The molecule has 152 valence electrons. The minimum atomic E-state index is -0.648. The van der Waals surface area contributed by atoms with Crippen LogP contribution in [0.5, 0.6) is 0 Å². The SMILES string of the molecule is N#CC(=CNc1ccc(F)cc1)c1nc(-c2cc3cc([N+](=O)[O-])ccc3oc2=O)cs1. The van der Waals surface area contributed by atoms with Gasteiger partial charge in [-0.3, -0.25) is 10.1 Å². The summed E-state index contributed by atoms with van der Waals surface area (Å²) in [6.45, 7) is 0. The summed E-state index contributed by atoms with van der Waals surface area (Å²) in [4.78, 5) is 27.2. The van der Waals surface area contributed by atoms with E-state index in [0.29, 0.717) is 16.1 Å². The van der Waals surface area contributed by atoms with E-state index in [4.69, 9.17) is 4.42 Å². The topological polar surface area (TPSA) is 122 Å². The number of aromatic nitrogens is 1. The number of nitrogens with zero attached hydrogens (tertiary/aromatic N) is 3. The molecule has 0 saturated carbocycles. The van der Waals surface area contributed by atoms with Gasteiger partial charge in [-0.2, -0.15) is 5.26 Å². The Morgan fingerprint density at radius 1 is 1.26 bits per heavy atom. The van der Waals surface area contributed by atoms with Gasteiger partial charge in [-0.25, -0.2) is 14.2 Å². The molecular formula is C21H11FN4O4S. The zero-order chi connectivity index (χ0) is 22.0. The van der Waals surface area contributed by atoms with Crippen LogP contribution in [0.15, 0.2) is 69.3 Å². The van der Waals surface area contributed by atoms with E-state index in [1.54, 1.807) is 5.38 Å². The Morgan fingerprint density at radius 3 is 2.74 bits per heavy atom. The molecule has 2 aromatic carbocycles. The van der Waals surface area contributed by atoms with E-state index < -0.39 is 10.5 Å². The minimum absolute atomic E-state index is 0.124. The van der Waals surface area contributed by atoms with Crippen molar-refractivity contribution in [1.29, 1.82) is 5.26 Å². The summed E-state index contributed by atoms with van der Waals surface area (Å²) < 4.78 is 18.3. The Hall–Kier alpha value is -4.36. The molecule has 2 heterocycles.